The van der Waals surface area contributed by atoms with Gasteiger partial charge in [0, 0.05) is 26.2 Å². The summed E-state index contributed by atoms with van der Waals surface area (Å²) in [6, 6.07) is 0. The number of alkyl carbamates (subject to hydrolysis) is 1. The number of likely N-dealkylation sites (tertiary alicyclic amines) is 1. The lowest BCUT2D eigenvalue weighted by molar-refractivity contribution is -0.149. The molecule has 1 aliphatic carbocycles. The molecule has 1 aliphatic heterocycles. The van der Waals surface area contributed by atoms with E-state index in [9.17, 15) is 14.7 Å². The van der Waals surface area contributed by atoms with Crippen LogP contribution in [0.5, 0.6) is 0 Å². The van der Waals surface area contributed by atoms with E-state index in [1.54, 1.807) is 0 Å². The van der Waals surface area contributed by atoms with Crippen LogP contribution in [0.15, 0.2) is 0 Å². The summed E-state index contributed by atoms with van der Waals surface area (Å²) >= 11 is 0. The van der Waals surface area contributed by atoms with Crippen LogP contribution in [0.1, 0.15) is 59.3 Å². The van der Waals surface area contributed by atoms with Gasteiger partial charge in [-0.15, -0.1) is 0 Å². The summed E-state index contributed by atoms with van der Waals surface area (Å²) in [4.78, 5) is 26.2. The number of nitrogens with zero attached hydrogens (tertiary/aromatic N) is 1. The molecule has 0 bridgehead atoms. The van der Waals surface area contributed by atoms with Crippen LogP contribution < -0.4 is 5.32 Å². The van der Waals surface area contributed by atoms with Crippen LogP contribution in [-0.2, 0) is 14.3 Å². The van der Waals surface area contributed by atoms with E-state index in [0.29, 0.717) is 18.8 Å². The van der Waals surface area contributed by atoms with Crippen molar-refractivity contribution in [1.29, 1.82) is 0 Å². The van der Waals surface area contributed by atoms with Gasteiger partial charge >= 0.3 is 12.1 Å². The van der Waals surface area contributed by atoms with E-state index in [0.717, 1.165) is 45.3 Å². The second kappa shape index (κ2) is 9.24. The molecule has 2 aliphatic rings. The van der Waals surface area contributed by atoms with Crippen LogP contribution >= 0.6 is 0 Å². The maximum Gasteiger partial charge on any atom is 0.407 e. The smallest absolute Gasteiger partial charge is 0.407 e. The first kappa shape index (κ1) is 22.0. The fourth-order valence-electron chi connectivity index (χ4n) is 4.10. The fraction of sp³-hybridized carbons (Fsp3) is 0.900. The molecule has 7 nitrogen and oxygen atoms in total. The van der Waals surface area contributed by atoms with Crippen LogP contribution in [0.3, 0.4) is 0 Å². The van der Waals surface area contributed by atoms with Gasteiger partial charge < -0.3 is 24.8 Å². The third-order valence-electron chi connectivity index (χ3n) is 5.65. The Labute approximate surface area is 162 Å². The van der Waals surface area contributed by atoms with E-state index in [1.165, 1.54) is 7.11 Å². The fourth-order valence-corrected chi connectivity index (χ4v) is 4.10. The van der Waals surface area contributed by atoms with Crippen molar-refractivity contribution >= 4 is 12.1 Å². The van der Waals surface area contributed by atoms with Crippen molar-refractivity contribution in [3.05, 3.63) is 0 Å². The van der Waals surface area contributed by atoms with Gasteiger partial charge in [0.05, 0.1) is 18.6 Å². The maximum atomic E-state index is 12.0. The molecule has 156 valence electrons. The van der Waals surface area contributed by atoms with Crippen LogP contribution in [0.2, 0.25) is 0 Å². The Bertz CT molecular complexity index is 509. The van der Waals surface area contributed by atoms with Crippen LogP contribution in [0, 0.1) is 11.8 Å². The summed E-state index contributed by atoms with van der Waals surface area (Å²) in [5.41, 5.74) is -1.45. The molecule has 2 unspecified atom stereocenters. The van der Waals surface area contributed by atoms with Gasteiger partial charge in [0.25, 0.3) is 0 Å². The van der Waals surface area contributed by atoms with Gasteiger partial charge in [0.2, 0.25) is 0 Å². The monoisotopic (exact) mass is 384 g/mol. The molecular formula is C20H36N2O5. The lowest BCUT2D eigenvalue weighted by Crippen LogP contribution is -2.52. The number of hydrogen-bond acceptors (Lipinski definition) is 6. The Kier molecular flexibility index (Phi) is 7.51. The number of esters is 1. The molecule has 7 heteroatoms. The van der Waals surface area contributed by atoms with Gasteiger partial charge in [-0.1, -0.05) is 12.8 Å². The lowest BCUT2D eigenvalue weighted by atomic mass is 9.78. The largest absolute Gasteiger partial charge is 0.469 e. The molecule has 2 N–H and O–H groups in total. The normalized spacial score (nSPS) is 26.3. The van der Waals surface area contributed by atoms with Crippen molar-refractivity contribution in [3.63, 3.8) is 0 Å². The topological polar surface area (TPSA) is 88.1 Å². The van der Waals surface area contributed by atoms with Crippen LogP contribution in [0.4, 0.5) is 4.79 Å². The molecule has 1 amide bonds. The number of methoxy groups -OCH3 is 1. The Morgan fingerprint density at radius 1 is 1.19 bits per heavy atom. The van der Waals surface area contributed by atoms with E-state index in [4.69, 9.17) is 9.47 Å². The van der Waals surface area contributed by atoms with Gasteiger partial charge in [-0.05, 0) is 52.4 Å². The zero-order valence-corrected chi connectivity index (χ0v) is 17.3. The number of ether oxygens (including phenoxy) is 2. The van der Waals surface area contributed by atoms with Crippen LogP contribution in [0.25, 0.3) is 0 Å². The number of carbonyl (C=O) groups is 2. The summed E-state index contributed by atoms with van der Waals surface area (Å²) in [5.74, 6) is 0.241. The van der Waals surface area contributed by atoms with Crippen molar-refractivity contribution in [1.82, 2.24) is 10.2 Å². The molecule has 2 fully saturated rings. The zero-order valence-electron chi connectivity index (χ0n) is 17.3. The minimum atomic E-state index is -0.901. The summed E-state index contributed by atoms with van der Waals surface area (Å²) in [7, 11) is 1.46. The van der Waals surface area contributed by atoms with E-state index in [2.05, 4.69) is 10.2 Å². The van der Waals surface area contributed by atoms with Gasteiger partial charge in [0.1, 0.15) is 5.60 Å². The SMILES string of the molecule is COC(=O)C1CCCCC1CN1CCC(O)(CNC(=O)OC(C)(C)C)CC1. The Morgan fingerprint density at radius 3 is 2.41 bits per heavy atom. The highest BCUT2D eigenvalue weighted by atomic mass is 16.6. The zero-order chi connectivity index (χ0) is 20.1. The minimum absolute atomic E-state index is 0.00149. The summed E-state index contributed by atoms with van der Waals surface area (Å²) in [6.07, 6.45) is 4.91. The van der Waals surface area contributed by atoms with Crippen molar-refractivity contribution in [2.75, 3.05) is 33.3 Å². The van der Waals surface area contributed by atoms with E-state index in [-0.39, 0.29) is 18.4 Å². The number of piperidine rings is 1. The third kappa shape index (κ3) is 6.96. The summed E-state index contributed by atoms with van der Waals surface area (Å²) < 4.78 is 10.2. The molecule has 0 aromatic heterocycles. The average molecular weight is 385 g/mol. The van der Waals surface area contributed by atoms with Crippen molar-refractivity contribution in [2.24, 2.45) is 11.8 Å². The van der Waals surface area contributed by atoms with Gasteiger partial charge in [-0.3, -0.25) is 4.79 Å². The second-order valence-corrected chi connectivity index (χ2v) is 9.05. The highest BCUT2D eigenvalue weighted by Gasteiger charge is 2.37. The highest BCUT2D eigenvalue weighted by Crippen LogP contribution is 2.33. The standard InChI is InChI=1S/C20H36N2O5/c1-19(2,3)27-18(24)21-14-20(25)9-11-22(12-10-20)13-15-7-5-6-8-16(15)17(23)26-4/h15-16,25H,5-14H2,1-4H3,(H,21,24). The van der Waals surface area contributed by atoms with Gasteiger partial charge in [0.15, 0.2) is 0 Å². The van der Waals surface area contributed by atoms with E-state index in [1.807, 2.05) is 20.8 Å². The molecule has 0 aromatic rings. The summed E-state index contributed by atoms with van der Waals surface area (Å²) in [5, 5.41) is 13.4. The molecule has 0 aromatic carbocycles. The highest BCUT2D eigenvalue weighted by molar-refractivity contribution is 5.72. The Hall–Kier alpha value is -1.34. The molecule has 27 heavy (non-hydrogen) atoms. The predicted molar refractivity (Wildman–Crippen MR) is 102 cm³/mol. The average Bonchev–Trinajstić information content (AvgIpc) is 2.61. The number of nitrogens with one attached hydrogen (secondary N) is 1. The molecule has 0 radical (unpaired) electrons. The molecule has 1 heterocycles. The van der Waals surface area contributed by atoms with Gasteiger partial charge in [-0.25, -0.2) is 4.79 Å². The minimum Gasteiger partial charge on any atom is -0.469 e. The predicted octanol–water partition coefficient (Wildman–Crippen LogP) is 2.32. The van der Waals surface area contributed by atoms with Gasteiger partial charge in [-0.2, -0.15) is 0 Å². The lowest BCUT2D eigenvalue weighted by Gasteiger charge is -2.41. The quantitative estimate of drug-likeness (QED) is 0.707. The van der Waals surface area contributed by atoms with Crippen molar-refractivity contribution in [2.45, 2.75) is 70.5 Å². The molecule has 1 saturated heterocycles. The second-order valence-electron chi connectivity index (χ2n) is 9.05. The number of carbonyl (C=O) groups excluding carboxylic acids is 2. The molecule has 2 rings (SSSR count). The number of rotatable bonds is 5. The molecule has 0 spiro atoms. The van der Waals surface area contributed by atoms with E-state index >= 15 is 0 Å². The first-order chi connectivity index (χ1) is 12.6. The molecule has 1 saturated carbocycles. The number of amides is 1. The first-order valence-electron chi connectivity index (χ1n) is 10.1. The Balaban J connectivity index is 1.78. The van der Waals surface area contributed by atoms with Crippen molar-refractivity contribution < 1.29 is 24.2 Å². The third-order valence-corrected chi connectivity index (χ3v) is 5.65. The maximum absolute atomic E-state index is 12.0. The summed E-state index contributed by atoms with van der Waals surface area (Å²) in [6.45, 7) is 8.03. The number of hydrogen-bond donors (Lipinski definition) is 2. The first-order valence-corrected chi connectivity index (χ1v) is 10.1. The van der Waals surface area contributed by atoms with Crippen LogP contribution in [-0.4, -0.2) is 66.6 Å². The van der Waals surface area contributed by atoms with E-state index < -0.39 is 17.3 Å². The Morgan fingerprint density at radius 2 is 1.81 bits per heavy atom. The van der Waals surface area contributed by atoms with Crippen molar-refractivity contribution in [3.8, 4) is 0 Å². The molecule has 2 atom stereocenters. The number of aliphatic hydroxyl groups is 1. The molecular weight excluding hydrogens is 348 g/mol.